The molecule has 1 heterocycles. The smallest absolute Gasteiger partial charge is 0.264 e. The standard InChI is InChI=1S/C14H19F2NO5S/c1-23(20,21)22-5-4-8-6-10(15)13(11(16)7-8)9-2-3-12(18)17-14(9)19/h6-7,9,12,14,17-19H,2-5H2,1H3. The van der Waals surface area contributed by atoms with E-state index < -0.39 is 40.1 Å². The van der Waals surface area contributed by atoms with Crippen LogP contribution in [0, 0.1) is 11.6 Å². The highest BCUT2D eigenvalue weighted by Gasteiger charge is 2.32. The Labute approximate surface area is 133 Å². The molecule has 1 aromatic carbocycles. The van der Waals surface area contributed by atoms with Gasteiger partial charge in [0.2, 0.25) is 0 Å². The molecule has 130 valence electrons. The summed E-state index contributed by atoms with van der Waals surface area (Å²) in [4.78, 5) is 0. The van der Waals surface area contributed by atoms with Gasteiger partial charge in [-0.3, -0.25) is 9.50 Å². The summed E-state index contributed by atoms with van der Waals surface area (Å²) in [6.45, 7) is -0.211. The zero-order valence-electron chi connectivity index (χ0n) is 12.5. The lowest BCUT2D eigenvalue weighted by molar-refractivity contribution is -0.0116. The topological polar surface area (TPSA) is 95.9 Å². The molecular weight excluding hydrogens is 332 g/mol. The maximum absolute atomic E-state index is 14.2. The number of rotatable bonds is 5. The van der Waals surface area contributed by atoms with E-state index in [1.165, 1.54) is 0 Å². The number of piperidine rings is 1. The molecule has 0 bridgehead atoms. The van der Waals surface area contributed by atoms with E-state index in [2.05, 4.69) is 9.50 Å². The molecule has 2 rings (SSSR count). The van der Waals surface area contributed by atoms with Crippen LogP contribution in [0.1, 0.15) is 29.9 Å². The second-order valence-electron chi connectivity index (χ2n) is 5.56. The van der Waals surface area contributed by atoms with Gasteiger partial charge in [0.25, 0.3) is 10.1 Å². The van der Waals surface area contributed by atoms with Gasteiger partial charge < -0.3 is 10.2 Å². The molecule has 0 saturated carbocycles. The molecular formula is C14H19F2NO5S. The summed E-state index contributed by atoms with van der Waals surface area (Å²) in [5.41, 5.74) is 0.00961. The first-order valence-electron chi connectivity index (χ1n) is 7.12. The molecule has 1 saturated heterocycles. The van der Waals surface area contributed by atoms with Crippen molar-refractivity contribution >= 4 is 10.1 Å². The Hall–Kier alpha value is -1.13. The zero-order valence-corrected chi connectivity index (χ0v) is 13.3. The van der Waals surface area contributed by atoms with E-state index in [9.17, 15) is 27.4 Å². The minimum absolute atomic E-state index is 0.0331. The van der Waals surface area contributed by atoms with Crippen molar-refractivity contribution < 1.29 is 31.6 Å². The Morgan fingerprint density at radius 3 is 2.39 bits per heavy atom. The Kier molecular flexibility index (Phi) is 5.69. The molecule has 3 N–H and O–H groups in total. The Bertz CT molecular complexity index is 644. The minimum Gasteiger partial charge on any atom is -0.379 e. The molecule has 0 aromatic heterocycles. The summed E-state index contributed by atoms with van der Waals surface area (Å²) < 4.78 is 54.7. The summed E-state index contributed by atoms with van der Waals surface area (Å²) in [6, 6.07) is 2.20. The van der Waals surface area contributed by atoms with Crippen molar-refractivity contribution in [3.8, 4) is 0 Å². The Balaban J connectivity index is 2.14. The fourth-order valence-electron chi connectivity index (χ4n) is 2.64. The molecule has 0 radical (unpaired) electrons. The Morgan fingerprint density at radius 2 is 1.87 bits per heavy atom. The highest BCUT2D eigenvalue weighted by molar-refractivity contribution is 7.85. The van der Waals surface area contributed by atoms with Crippen LogP contribution in [0.15, 0.2) is 12.1 Å². The number of aliphatic hydroxyl groups excluding tert-OH is 2. The summed E-state index contributed by atoms with van der Waals surface area (Å²) in [5.74, 6) is -2.44. The van der Waals surface area contributed by atoms with E-state index >= 15 is 0 Å². The molecule has 1 fully saturated rings. The van der Waals surface area contributed by atoms with Crippen molar-refractivity contribution in [3.63, 3.8) is 0 Å². The Morgan fingerprint density at radius 1 is 1.26 bits per heavy atom. The predicted octanol–water partition coefficient (Wildman–Crippen LogP) is 0.587. The molecule has 0 aliphatic carbocycles. The van der Waals surface area contributed by atoms with Gasteiger partial charge in [0, 0.05) is 11.5 Å². The second-order valence-corrected chi connectivity index (χ2v) is 7.20. The van der Waals surface area contributed by atoms with Gasteiger partial charge in [0.05, 0.1) is 12.9 Å². The van der Waals surface area contributed by atoms with Crippen LogP contribution in [0.2, 0.25) is 0 Å². The van der Waals surface area contributed by atoms with Gasteiger partial charge in [0.15, 0.2) is 0 Å². The van der Waals surface area contributed by atoms with E-state index in [0.29, 0.717) is 0 Å². The molecule has 3 unspecified atom stereocenters. The maximum Gasteiger partial charge on any atom is 0.264 e. The largest absolute Gasteiger partial charge is 0.379 e. The van der Waals surface area contributed by atoms with Crippen LogP contribution in [0.25, 0.3) is 0 Å². The first kappa shape index (κ1) is 18.2. The van der Waals surface area contributed by atoms with Gasteiger partial charge in [0.1, 0.15) is 24.1 Å². The second kappa shape index (κ2) is 7.18. The van der Waals surface area contributed by atoms with E-state index in [-0.39, 0.29) is 37.0 Å². The van der Waals surface area contributed by atoms with Gasteiger partial charge in [-0.25, -0.2) is 8.78 Å². The van der Waals surface area contributed by atoms with E-state index in [4.69, 9.17) is 0 Å². The van der Waals surface area contributed by atoms with Crippen LogP contribution < -0.4 is 5.32 Å². The van der Waals surface area contributed by atoms with Crippen molar-refractivity contribution in [1.29, 1.82) is 0 Å². The number of halogens is 2. The summed E-state index contributed by atoms with van der Waals surface area (Å²) >= 11 is 0. The third-order valence-electron chi connectivity index (χ3n) is 3.69. The molecule has 9 heteroatoms. The lowest BCUT2D eigenvalue weighted by Crippen LogP contribution is -2.46. The predicted molar refractivity (Wildman–Crippen MR) is 78.0 cm³/mol. The summed E-state index contributed by atoms with van der Waals surface area (Å²) in [6.07, 6.45) is -0.722. The van der Waals surface area contributed by atoms with Gasteiger partial charge in [-0.1, -0.05) is 0 Å². The van der Waals surface area contributed by atoms with Gasteiger partial charge in [-0.2, -0.15) is 8.42 Å². The molecule has 6 nitrogen and oxygen atoms in total. The third kappa shape index (κ3) is 4.92. The zero-order chi connectivity index (χ0) is 17.2. The van der Waals surface area contributed by atoms with Crippen molar-refractivity contribution in [2.75, 3.05) is 12.9 Å². The molecule has 3 atom stereocenters. The van der Waals surface area contributed by atoms with E-state index in [0.717, 1.165) is 18.4 Å². The van der Waals surface area contributed by atoms with Crippen molar-refractivity contribution in [3.05, 3.63) is 34.9 Å². The molecule has 0 amide bonds. The number of benzene rings is 1. The summed E-state index contributed by atoms with van der Waals surface area (Å²) in [7, 11) is -3.60. The first-order chi connectivity index (χ1) is 10.7. The average Bonchev–Trinajstić information content (AvgIpc) is 2.39. The molecule has 1 aliphatic rings. The van der Waals surface area contributed by atoms with E-state index in [1.807, 2.05) is 0 Å². The minimum atomic E-state index is -3.60. The number of aliphatic hydroxyl groups is 2. The highest BCUT2D eigenvalue weighted by Crippen LogP contribution is 2.32. The maximum atomic E-state index is 14.2. The normalized spacial score (nSPS) is 25.5. The lowest BCUT2D eigenvalue weighted by atomic mass is 9.87. The van der Waals surface area contributed by atoms with Crippen LogP contribution in [-0.2, 0) is 20.7 Å². The average molecular weight is 351 g/mol. The van der Waals surface area contributed by atoms with Gasteiger partial charge >= 0.3 is 0 Å². The van der Waals surface area contributed by atoms with Gasteiger partial charge in [-0.15, -0.1) is 0 Å². The van der Waals surface area contributed by atoms with Crippen LogP contribution in [0.3, 0.4) is 0 Å². The van der Waals surface area contributed by atoms with Crippen molar-refractivity contribution in [2.45, 2.75) is 37.6 Å². The van der Waals surface area contributed by atoms with Gasteiger partial charge in [-0.05, 0) is 37.0 Å². The first-order valence-corrected chi connectivity index (χ1v) is 8.93. The van der Waals surface area contributed by atoms with Crippen molar-refractivity contribution in [2.24, 2.45) is 0 Å². The monoisotopic (exact) mass is 351 g/mol. The van der Waals surface area contributed by atoms with Crippen LogP contribution >= 0.6 is 0 Å². The summed E-state index contributed by atoms with van der Waals surface area (Å²) in [5, 5.41) is 21.7. The van der Waals surface area contributed by atoms with Crippen LogP contribution in [0.5, 0.6) is 0 Å². The quantitative estimate of drug-likeness (QED) is 0.672. The SMILES string of the molecule is CS(=O)(=O)OCCc1cc(F)c(C2CCC(O)NC2O)c(F)c1. The third-order valence-corrected chi connectivity index (χ3v) is 4.29. The van der Waals surface area contributed by atoms with Crippen molar-refractivity contribution in [1.82, 2.24) is 5.32 Å². The molecule has 1 aliphatic heterocycles. The van der Waals surface area contributed by atoms with Crippen LogP contribution in [-0.4, -0.2) is 43.9 Å². The molecule has 23 heavy (non-hydrogen) atoms. The van der Waals surface area contributed by atoms with E-state index in [1.54, 1.807) is 0 Å². The number of nitrogens with one attached hydrogen (secondary N) is 1. The lowest BCUT2D eigenvalue weighted by Gasteiger charge is -2.32. The number of hydrogen-bond donors (Lipinski definition) is 3. The number of hydrogen-bond acceptors (Lipinski definition) is 6. The fraction of sp³-hybridized carbons (Fsp3) is 0.571. The molecule has 1 aromatic rings. The molecule has 0 spiro atoms. The fourth-order valence-corrected chi connectivity index (χ4v) is 3.03. The highest BCUT2D eigenvalue weighted by atomic mass is 32.2. The van der Waals surface area contributed by atoms with Crippen LogP contribution in [0.4, 0.5) is 8.78 Å².